The molecule has 8 heteroatoms. The normalized spacial score (nSPS) is 12.4. The van der Waals surface area contributed by atoms with E-state index < -0.39 is 10.0 Å². The number of H-pyrrole nitrogens is 1. The van der Waals surface area contributed by atoms with Gasteiger partial charge >= 0.3 is 5.88 Å². The van der Waals surface area contributed by atoms with Crippen LogP contribution in [0.25, 0.3) is 10.9 Å². The molecule has 0 radical (unpaired) electrons. The van der Waals surface area contributed by atoms with Gasteiger partial charge in [-0.2, -0.15) is 4.98 Å². The van der Waals surface area contributed by atoms with E-state index in [-0.39, 0.29) is 11.9 Å². The maximum absolute atomic E-state index is 12.7. The molecule has 3 aromatic rings. The molecular formula is C22H26N3O4S+. The lowest BCUT2D eigenvalue weighted by atomic mass is 10.0. The number of aromatic nitrogens is 1. The Morgan fingerprint density at radius 1 is 1.13 bits per heavy atom. The van der Waals surface area contributed by atoms with Crippen LogP contribution in [-0.4, -0.2) is 27.2 Å². The number of aryl methyl sites for hydroxylation is 1. The van der Waals surface area contributed by atoms with Gasteiger partial charge in [-0.3, -0.25) is 9.52 Å². The van der Waals surface area contributed by atoms with Crippen LogP contribution in [0.3, 0.4) is 0 Å². The van der Waals surface area contributed by atoms with Crippen LogP contribution >= 0.6 is 0 Å². The fourth-order valence-corrected chi connectivity index (χ4v) is 3.80. The third-order valence-corrected chi connectivity index (χ3v) is 5.27. The van der Waals surface area contributed by atoms with Crippen LogP contribution < -0.4 is 19.8 Å². The van der Waals surface area contributed by atoms with E-state index in [0.29, 0.717) is 23.7 Å². The Kier molecular flexibility index (Phi) is 6.26. The van der Waals surface area contributed by atoms with Gasteiger partial charge in [-0.1, -0.05) is 12.1 Å². The number of hydrogen-bond acceptors (Lipinski definition) is 4. The summed E-state index contributed by atoms with van der Waals surface area (Å²) in [5, 5.41) is 3.90. The second-order valence-corrected chi connectivity index (χ2v) is 8.95. The van der Waals surface area contributed by atoms with Gasteiger partial charge in [0.05, 0.1) is 30.7 Å². The zero-order valence-electron chi connectivity index (χ0n) is 17.4. The molecule has 1 aromatic heterocycles. The minimum atomic E-state index is -3.34. The minimum absolute atomic E-state index is 0.186. The molecule has 1 atom stereocenters. The average Bonchev–Trinajstić information content (AvgIpc) is 2.68. The van der Waals surface area contributed by atoms with Crippen molar-refractivity contribution in [1.29, 1.82) is 0 Å². The third kappa shape index (κ3) is 5.27. The molecule has 1 amide bonds. The van der Waals surface area contributed by atoms with Crippen molar-refractivity contribution in [3.05, 3.63) is 65.2 Å². The molecular weight excluding hydrogens is 402 g/mol. The molecule has 0 saturated heterocycles. The van der Waals surface area contributed by atoms with Crippen LogP contribution in [0.5, 0.6) is 5.88 Å². The highest BCUT2D eigenvalue weighted by Crippen LogP contribution is 2.22. The molecule has 0 aliphatic carbocycles. The second kappa shape index (κ2) is 8.71. The summed E-state index contributed by atoms with van der Waals surface area (Å²) in [6, 6.07) is 14.3. The van der Waals surface area contributed by atoms with Crippen molar-refractivity contribution < 1.29 is 22.9 Å². The third-order valence-electron chi connectivity index (χ3n) is 4.68. The number of fused-ring (bicyclic) bond motifs is 1. The number of rotatable bonds is 7. The molecule has 0 unspecified atom stereocenters. The lowest BCUT2D eigenvalue weighted by Gasteiger charge is -2.17. The molecule has 158 valence electrons. The summed E-state index contributed by atoms with van der Waals surface area (Å²) in [4.78, 5) is 15.9. The lowest BCUT2D eigenvalue weighted by Crippen LogP contribution is -2.26. The van der Waals surface area contributed by atoms with Crippen molar-refractivity contribution in [3.63, 3.8) is 0 Å². The number of sulfonamides is 1. The molecule has 7 nitrogen and oxygen atoms in total. The van der Waals surface area contributed by atoms with Crippen molar-refractivity contribution in [1.82, 2.24) is 5.32 Å². The molecule has 0 aliphatic heterocycles. The standard InChI is InChI=1S/C22H25N3O4S/c1-5-29-21-11-8-17-13-18(7-10-20(17)24-21)22(26)23-15(3)16-6-9-19(14(2)12-16)25-30(4,27)28/h6-13,15,25H,5H2,1-4H3,(H,23,26)/p+1/t15-/m0/s1. The fourth-order valence-electron chi connectivity index (χ4n) is 3.17. The van der Waals surface area contributed by atoms with Gasteiger partial charge in [0, 0.05) is 17.0 Å². The van der Waals surface area contributed by atoms with Crippen molar-refractivity contribution in [2.24, 2.45) is 0 Å². The molecule has 0 fully saturated rings. The number of anilines is 1. The molecule has 0 spiro atoms. The number of carbonyl (C=O) groups is 1. The van der Waals surface area contributed by atoms with E-state index in [9.17, 15) is 13.2 Å². The Hall–Kier alpha value is -3.13. The number of ether oxygens (including phenoxy) is 1. The monoisotopic (exact) mass is 428 g/mol. The SMILES string of the molecule is CCOc1ccc2cc(C(=O)N[C@@H](C)c3ccc(NS(C)(=O)=O)c(C)c3)ccc2[nH+]1. The molecule has 3 rings (SSSR count). The van der Waals surface area contributed by atoms with E-state index >= 15 is 0 Å². The molecule has 2 aromatic carbocycles. The summed E-state index contributed by atoms with van der Waals surface area (Å²) in [6.07, 6.45) is 1.11. The highest BCUT2D eigenvalue weighted by atomic mass is 32.2. The van der Waals surface area contributed by atoms with E-state index in [1.54, 1.807) is 18.2 Å². The Morgan fingerprint density at radius 2 is 1.90 bits per heavy atom. The van der Waals surface area contributed by atoms with Gasteiger partial charge in [-0.25, -0.2) is 8.42 Å². The van der Waals surface area contributed by atoms with Crippen LogP contribution in [0, 0.1) is 6.92 Å². The van der Waals surface area contributed by atoms with Gasteiger partial charge in [-0.05, 0) is 56.2 Å². The zero-order valence-corrected chi connectivity index (χ0v) is 18.3. The minimum Gasteiger partial charge on any atom is -0.445 e. The lowest BCUT2D eigenvalue weighted by molar-refractivity contribution is -0.362. The predicted molar refractivity (Wildman–Crippen MR) is 117 cm³/mol. The van der Waals surface area contributed by atoms with Gasteiger partial charge < -0.3 is 10.1 Å². The van der Waals surface area contributed by atoms with E-state index in [2.05, 4.69) is 15.0 Å². The average molecular weight is 429 g/mol. The first-order chi connectivity index (χ1) is 14.2. The highest BCUT2D eigenvalue weighted by Gasteiger charge is 2.15. The van der Waals surface area contributed by atoms with Crippen molar-refractivity contribution >= 4 is 32.5 Å². The van der Waals surface area contributed by atoms with Crippen LogP contribution in [0.1, 0.15) is 41.4 Å². The fraction of sp³-hybridized carbons (Fsp3) is 0.273. The maximum Gasteiger partial charge on any atom is 0.366 e. The Morgan fingerprint density at radius 3 is 2.57 bits per heavy atom. The van der Waals surface area contributed by atoms with Crippen molar-refractivity contribution in [3.8, 4) is 5.88 Å². The van der Waals surface area contributed by atoms with E-state index in [1.807, 2.05) is 51.1 Å². The Labute approximate surface area is 176 Å². The highest BCUT2D eigenvalue weighted by molar-refractivity contribution is 7.92. The Balaban J connectivity index is 1.75. The van der Waals surface area contributed by atoms with Gasteiger partial charge in [-0.15, -0.1) is 0 Å². The first-order valence-electron chi connectivity index (χ1n) is 9.64. The van der Waals surface area contributed by atoms with Crippen molar-refractivity contribution in [2.45, 2.75) is 26.8 Å². The Bertz CT molecular complexity index is 1190. The van der Waals surface area contributed by atoms with Gasteiger partial charge in [0.15, 0.2) is 0 Å². The number of pyridine rings is 1. The van der Waals surface area contributed by atoms with E-state index in [4.69, 9.17) is 4.74 Å². The van der Waals surface area contributed by atoms with Crippen LogP contribution in [0.15, 0.2) is 48.5 Å². The summed E-state index contributed by atoms with van der Waals surface area (Å²) in [5.74, 6) is 0.495. The predicted octanol–water partition coefficient (Wildman–Crippen LogP) is 3.22. The molecule has 1 heterocycles. The number of hydrogen-bond donors (Lipinski definition) is 2. The molecule has 3 N–H and O–H groups in total. The number of amides is 1. The first-order valence-corrected chi connectivity index (χ1v) is 11.5. The van der Waals surface area contributed by atoms with Crippen LogP contribution in [-0.2, 0) is 10.0 Å². The summed E-state index contributed by atoms with van der Waals surface area (Å²) in [6.45, 7) is 6.20. The van der Waals surface area contributed by atoms with E-state index in [1.165, 1.54) is 0 Å². The molecule has 0 saturated carbocycles. The summed E-state index contributed by atoms with van der Waals surface area (Å²) in [5.41, 5.74) is 3.63. The number of nitrogens with one attached hydrogen (secondary N) is 3. The zero-order chi connectivity index (χ0) is 21.9. The number of carbonyl (C=O) groups excluding carboxylic acids is 1. The molecule has 0 bridgehead atoms. The molecule has 0 aliphatic rings. The summed E-state index contributed by atoms with van der Waals surface area (Å²) in [7, 11) is -3.34. The first kappa shape index (κ1) is 21.6. The van der Waals surface area contributed by atoms with Gasteiger partial charge in [0.25, 0.3) is 5.91 Å². The largest absolute Gasteiger partial charge is 0.445 e. The van der Waals surface area contributed by atoms with Gasteiger partial charge in [0.1, 0.15) is 0 Å². The topological polar surface area (TPSA) is 98.6 Å². The molecule has 30 heavy (non-hydrogen) atoms. The quantitative estimate of drug-likeness (QED) is 0.604. The maximum atomic E-state index is 12.7. The van der Waals surface area contributed by atoms with Crippen LogP contribution in [0.2, 0.25) is 0 Å². The van der Waals surface area contributed by atoms with Crippen LogP contribution in [0.4, 0.5) is 5.69 Å². The van der Waals surface area contributed by atoms with E-state index in [0.717, 1.165) is 28.3 Å². The number of aromatic amines is 1. The second-order valence-electron chi connectivity index (χ2n) is 7.20. The van der Waals surface area contributed by atoms with Gasteiger partial charge in [0.2, 0.25) is 15.5 Å². The summed E-state index contributed by atoms with van der Waals surface area (Å²) < 4.78 is 30.8. The number of benzene rings is 2. The van der Waals surface area contributed by atoms with Crippen molar-refractivity contribution in [2.75, 3.05) is 17.6 Å². The summed E-state index contributed by atoms with van der Waals surface area (Å²) >= 11 is 0. The smallest absolute Gasteiger partial charge is 0.366 e.